The number of aromatic nitrogens is 4. The first-order valence-corrected chi connectivity index (χ1v) is 9.32. The lowest BCUT2D eigenvalue weighted by Crippen LogP contribution is -2.13. The summed E-state index contributed by atoms with van der Waals surface area (Å²) in [6.07, 6.45) is 1.47. The number of amides is 2. The molecule has 1 heterocycles. The minimum atomic E-state index is -0.265. The van der Waals surface area contributed by atoms with Crippen molar-refractivity contribution in [2.24, 2.45) is 0 Å². The number of nitrogens with zero attached hydrogens (tertiary/aromatic N) is 4. The fourth-order valence-corrected chi connectivity index (χ4v) is 2.83. The second-order valence-corrected chi connectivity index (χ2v) is 6.52. The molecule has 0 aliphatic carbocycles. The maximum absolute atomic E-state index is 12.5. The minimum absolute atomic E-state index is 0.249. The lowest BCUT2D eigenvalue weighted by atomic mass is 10.1. The molecule has 9 heteroatoms. The minimum Gasteiger partial charge on any atom is -0.497 e. The highest BCUT2D eigenvalue weighted by atomic mass is 16.5. The highest BCUT2D eigenvalue weighted by Crippen LogP contribution is 2.17. The van der Waals surface area contributed by atoms with E-state index in [4.69, 9.17) is 4.74 Å². The van der Waals surface area contributed by atoms with Crippen LogP contribution in [0.15, 0.2) is 79.1 Å². The third-order valence-corrected chi connectivity index (χ3v) is 4.50. The number of tetrazole rings is 1. The number of hydrogen-bond acceptors (Lipinski definition) is 6. The predicted octanol–water partition coefficient (Wildman–Crippen LogP) is 3.18. The molecule has 0 radical (unpaired) electrons. The smallest absolute Gasteiger partial charge is 0.255 e. The fourth-order valence-electron chi connectivity index (χ4n) is 2.83. The van der Waals surface area contributed by atoms with Gasteiger partial charge in [-0.1, -0.05) is 0 Å². The molecule has 0 unspecified atom stereocenters. The van der Waals surface area contributed by atoms with Crippen LogP contribution in [0.1, 0.15) is 20.7 Å². The van der Waals surface area contributed by atoms with E-state index in [-0.39, 0.29) is 11.8 Å². The molecule has 0 saturated heterocycles. The van der Waals surface area contributed by atoms with E-state index in [0.29, 0.717) is 28.3 Å². The first-order valence-electron chi connectivity index (χ1n) is 9.32. The van der Waals surface area contributed by atoms with Gasteiger partial charge in [0.25, 0.3) is 11.8 Å². The van der Waals surface area contributed by atoms with E-state index in [1.54, 1.807) is 79.9 Å². The predicted molar refractivity (Wildman–Crippen MR) is 114 cm³/mol. The van der Waals surface area contributed by atoms with Crippen molar-refractivity contribution in [1.29, 1.82) is 0 Å². The summed E-state index contributed by atoms with van der Waals surface area (Å²) in [5, 5.41) is 16.6. The van der Waals surface area contributed by atoms with E-state index >= 15 is 0 Å². The van der Waals surface area contributed by atoms with Crippen LogP contribution in [-0.4, -0.2) is 39.1 Å². The maximum Gasteiger partial charge on any atom is 0.255 e. The second-order valence-electron chi connectivity index (χ2n) is 6.52. The second kappa shape index (κ2) is 8.87. The van der Waals surface area contributed by atoms with E-state index in [0.717, 1.165) is 5.69 Å². The Hall–Kier alpha value is -4.53. The molecule has 0 spiro atoms. The number of carbonyl (C=O) groups excluding carboxylic acids is 2. The number of rotatable bonds is 6. The summed E-state index contributed by atoms with van der Waals surface area (Å²) in [5.41, 5.74) is 2.94. The Morgan fingerprint density at radius 2 is 1.29 bits per heavy atom. The topological polar surface area (TPSA) is 111 Å². The number of methoxy groups -OCH3 is 1. The zero-order valence-electron chi connectivity index (χ0n) is 16.5. The molecule has 0 bridgehead atoms. The van der Waals surface area contributed by atoms with Crippen LogP contribution < -0.4 is 15.4 Å². The van der Waals surface area contributed by atoms with Gasteiger partial charge in [-0.2, -0.15) is 0 Å². The summed E-state index contributed by atoms with van der Waals surface area (Å²) >= 11 is 0. The summed E-state index contributed by atoms with van der Waals surface area (Å²) in [6, 6.07) is 20.6. The number of benzene rings is 3. The quantitative estimate of drug-likeness (QED) is 0.501. The zero-order valence-corrected chi connectivity index (χ0v) is 16.5. The molecule has 4 aromatic rings. The lowest BCUT2D eigenvalue weighted by Gasteiger charge is -2.09. The molecule has 2 N–H and O–H groups in total. The number of carbonyl (C=O) groups is 2. The zero-order chi connectivity index (χ0) is 21.6. The molecule has 0 saturated carbocycles. The molecule has 9 nitrogen and oxygen atoms in total. The van der Waals surface area contributed by atoms with Gasteiger partial charge in [0.15, 0.2) is 0 Å². The molecule has 0 fully saturated rings. The SMILES string of the molecule is COc1ccc(NC(=O)c2ccc(NC(=O)c3ccc(-n4cnnn4)cc3)cc2)cc1. The molecule has 3 aromatic carbocycles. The van der Waals surface area contributed by atoms with E-state index in [1.165, 1.54) is 11.0 Å². The number of ether oxygens (including phenoxy) is 1. The number of nitrogens with one attached hydrogen (secondary N) is 2. The van der Waals surface area contributed by atoms with Crippen molar-refractivity contribution in [1.82, 2.24) is 20.2 Å². The van der Waals surface area contributed by atoms with Crippen LogP contribution in [0.2, 0.25) is 0 Å². The molecule has 0 aliphatic rings. The third kappa shape index (κ3) is 4.73. The van der Waals surface area contributed by atoms with Gasteiger partial charge in [-0.15, -0.1) is 5.10 Å². The summed E-state index contributed by atoms with van der Waals surface area (Å²) in [6.45, 7) is 0. The summed E-state index contributed by atoms with van der Waals surface area (Å²) in [4.78, 5) is 24.9. The molecule has 1 aromatic heterocycles. The first-order chi connectivity index (χ1) is 15.1. The molecule has 4 rings (SSSR count). The Morgan fingerprint density at radius 1 is 0.774 bits per heavy atom. The van der Waals surface area contributed by atoms with E-state index in [2.05, 4.69) is 26.2 Å². The summed E-state index contributed by atoms with van der Waals surface area (Å²) < 4.78 is 6.60. The summed E-state index contributed by atoms with van der Waals surface area (Å²) in [5.74, 6) is 0.197. The standard InChI is InChI=1S/C22H18N6O3/c1-31-20-12-8-18(9-13-20)25-21(29)15-2-6-17(7-3-15)24-22(30)16-4-10-19(11-5-16)28-14-23-26-27-28/h2-14H,1H3,(H,24,30)(H,25,29). The molecular formula is C22H18N6O3. The van der Waals surface area contributed by atoms with Crippen LogP contribution in [0, 0.1) is 0 Å². The Labute approximate surface area is 177 Å². The average molecular weight is 414 g/mol. The largest absolute Gasteiger partial charge is 0.497 e. The van der Waals surface area contributed by atoms with Crippen molar-refractivity contribution >= 4 is 23.2 Å². The van der Waals surface area contributed by atoms with Crippen molar-refractivity contribution in [2.75, 3.05) is 17.7 Å². The lowest BCUT2D eigenvalue weighted by molar-refractivity contribution is 0.102. The van der Waals surface area contributed by atoms with Crippen LogP contribution in [0.25, 0.3) is 5.69 Å². The maximum atomic E-state index is 12.5. The van der Waals surface area contributed by atoms with Crippen molar-refractivity contribution in [3.63, 3.8) is 0 Å². The van der Waals surface area contributed by atoms with E-state index < -0.39 is 0 Å². The molecule has 154 valence electrons. The van der Waals surface area contributed by atoms with E-state index in [1.807, 2.05) is 0 Å². The molecular weight excluding hydrogens is 396 g/mol. The third-order valence-electron chi connectivity index (χ3n) is 4.50. The number of hydrogen-bond donors (Lipinski definition) is 2. The van der Waals surface area contributed by atoms with Gasteiger partial charge in [-0.25, -0.2) is 4.68 Å². The van der Waals surface area contributed by atoms with Crippen LogP contribution in [0.5, 0.6) is 5.75 Å². The highest BCUT2D eigenvalue weighted by Gasteiger charge is 2.09. The van der Waals surface area contributed by atoms with Crippen molar-refractivity contribution in [3.05, 3.63) is 90.3 Å². The molecule has 0 aliphatic heterocycles. The Morgan fingerprint density at radius 3 is 1.77 bits per heavy atom. The molecule has 31 heavy (non-hydrogen) atoms. The first kappa shape index (κ1) is 19.8. The molecule has 2 amide bonds. The van der Waals surface area contributed by atoms with Gasteiger partial charge in [0.1, 0.15) is 12.1 Å². The van der Waals surface area contributed by atoms with Gasteiger partial charge >= 0.3 is 0 Å². The number of anilines is 2. The van der Waals surface area contributed by atoms with Crippen LogP contribution in [0.3, 0.4) is 0 Å². The molecule has 0 atom stereocenters. The van der Waals surface area contributed by atoms with Crippen molar-refractivity contribution in [2.45, 2.75) is 0 Å². The van der Waals surface area contributed by atoms with Gasteiger partial charge in [-0.05, 0) is 83.2 Å². The van der Waals surface area contributed by atoms with Crippen molar-refractivity contribution in [3.8, 4) is 11.4 Å². The van der Waals surface area contributed by atoms with E-state index in [9.17, 15) is 9.59 Å². The average Bonchev–Trinajstić information content (AvgIpc) is 3.35. The van der Waals surface area contributed by atoms with Gasteiger partial charge < -0.3 is 15.4 Å². The van der Waals surface area contributed by atoms with Crippen LogP contribution in [0.4, 0.5) is 11.4 Å². The van der Waals surface area contributed by atoms with Crippen molar-refractivity contribution < 1.29 is 14.3 Å². The Bertz CT molecular complexity index is 1170. The van der Waals surface area contributed by atoms with Crippen LogP contribution in [-0.2, 0) is 0 Å². The fraction of sp³-hybridized carbons (Fsp3) is 0.0455. The van der Waals surface area contributed by atoms with Gasteiger partial charge in [0, 0.05) is 22.5 Å². The van der Waals surface area contributed by atoms with Gasteiger partial charge in [0.2, 0.25) is 0 Å². The van der Waals surface area contributed by atoms with Crippen LogP contribution >= 0.6 is 0 Å². The van der Waals surface area contributed by atoms with Gasteiger partial charge in [0.05, 0.1) is 12.8 Å². The monoisotopic (exact) mass is 414 g/mol. The van der Waals surface area contributed by atoms with Gasteiger partial charge in [-0.3, -0.25) is 9.59 Å². The normalized spacial score (nSPS) is 10.4. The Kier molecular flexibility index (Phi) is 5.66. The highest BCUT2D eigenvalue weighted by molar-refractivity contribution is 6.06. The summed E-state index contributed by atoms with van der Waals surface area (Å²) in [7, 11) is 1.58. The Balaban J connectivity index is 1.37.